The van der Waals surface area contributed by atoms with Gasteiger partial charge in [-0.1, -0.05) is 18.9 Å². The van der Waals surface area contributed by atoms with Crippen LogP contribution in [0.2, 0.25) is 0 Å². The zero-order valence-corrected chi connectivity index (χ0v) is 13.2. The van der Waals surface area contributed by atoms with Gasteiger partial charge in [0.2, 0.25) is 11.8 Å². The van der Waals surface area contributed by atoms with Crippen LogP contribution in [0, 0.1) is 18.8 Å². The van der Waals surface area contributed by atoms with E-state index in [9.17, 15) is 9.59 Å². The second kappa shape index (κ2) is 6.51. The topological polar surface area (TPSA) is 58.2 Å². The van der Waals surface area contributed by atoms with Crippen molar-refractivity contribution in [3.05, 3.63) is 23.8 Å². The number of amides is 2. The summed E-state index contributed by atoms with van der Waals surface area (Å²) in [4.78, 5) is 24.0. The Morgan fingerprint density at radius 2 is 1.82 bits per heavy atom. The van der Waals surface area contributed by atoms with Crippen LogP contribution >= 0.6 is 0 Å². The molecule has 2 fully saturated rings. The number of aryl methyl sites for hydroxylation is 1. The second-order valence-corrected chi connectivity index (χ2v) is 6.70. The number of hydrogen-bond acceptors (Lipinski definition) is 2. The molecule has 0 spiro atoms. The van der Waals surface area contributed by atoms with Gasteiger partial charge in [-0.25, -0.2) is 0 Å². The molecule has 0 unspecified atom stereocenters. The Hall–Kier alpha value is -1.84. The van der Waals surface area contributed by atoms with Gasteiger partial charge in [-0.15, -0.1) is 0 Å². The third-order valence-electron chi connectivity index (χ3n) is 4.68. The van der Waals surface area contributed by atoms with Crippen molar-refractivity contribution in [2.45, 2.75) is 51.9 Å². The summed E-state index contributed by atoms with van der Waals surface area (Å²) in [6.45, 7) is 1.96. The van der Waals surface area contributed by atoms with Crippen LogP contribution in [0.5, 0.6) is 0 Å². The summed E-state index contributed by atoms with van der Waals surface area (Å²) in [5.74, 6) is 0.896. The Kier molecular flexibility index (Phi) is 4.46. The molecule has 1 aromatic carbocycles. The molecule has 2 N–H and O–H groups in total. The van der Waals surface area contributed by atoms with Crippen molar-refractivity contribution in [1.82, 2.24) is 0 Å². The van der Waals surface area contributed by atoms with Gasteiger partial charge in [0.05, 0.1) is 0 Å². The lowest BCUT2D eigenvalue weighted by atomic mass is 10.0. The van der Waals surface area contributed by atoms with Gasteiger partial charge in [0.1, 0.15) is 0 Å². The van der Waals surface area contributed by atoms with Crippen LogP contribution in [0.3, 0.4) is 0 Å². The van der Waals surface area contributed by atoms with Gasteiger partial charge in [0.15, 0.2) is 0 Å². The lowest BCUT2D eigenvalue weighted by Crippen LogP contribution is -2.17. The van der Waals surface area contributed by atoms with Gasteiger partial charge in [0.25, 0.3) is 0 Å². The summed E-state index contributed by atoms with van der Waals surface area (Å²) in [5.41, 5.74) is 2.58. The molecule has 0 radical (unpaired) electrons. The van der Waals surface area contributed by atoms with Gasteiger partial charge in [-0.2, -0.15) is 0 Å². The molecule has 0 saturated heterocycles. The van der Waals surface area contributed by atoms with E-state index in [1.807, 2.05) is 25.1 Å². The van der Waals surface area contributed by atoms with Crippen molar-refractivity contribution in [3.63, 3.8) is 0 Å². The highest BCUT2D eigenvalue weighted by Crippen LogP contribution is 2.31. The first-order valence-electron chi connectivity index (χ1n) is 8.33. The fourth-order valence-electron chi connectivity index (χ4n) is 3.10. The molecule has 22 heavy (non-hydrogen) atoms. The first-order chi connectivity index (χ1) is 10.6. The number of benzene rings is 1. The molecular formula is C18H24N2O2. The third-order valence-corrected chi connectivity index (χ3v) is 4.68. The van der Waals surface area contributed by atoms with E-state index >= 15 is 0 Å². The van der Waals surface area contributed by atoms with Gasteiger partial charge in [-0.3, -0.25) is 9.59 Å². The Labute approximate surface area is 131 Å². The molecular weight excluding hydrogens is 276 g/mol. The number of anilines is 2. The van der Waals surface area contributed by atoms with Gasteiger partial charge < -0.3 is 10.6 Å². The van der Waals surface area contributed by atoms with Crippen LogP contribution < -0.4 is 10.6 Å². The number of carbonyl (C=O) groups is 2. The molecule has 2 aliphatic rings. The zero-order valence-electron chi connectivity index (χ0n) is 13.2. The molecule has 0 bridgehead atoms. The maximum Gasteiger partial charge on any atom is 0.227 e. The molecule has 2 saturated carbocycles. The molecule has 0 heterocycles. The van der Waals surface area contributed by atoms with Crippen LogP contribution in [-0.2, 0) is 9.59 Å². The van der Waals surface area contributed by atoms with E-state index in [0.29, 0.717) is 12.3 Å². The number of hydrogen-bond donors (Lipinski definition) is 2. The first-order valence-corrected chi connectivity index (χ1v) is 8.33. The molecule has 4 heteroatoms. The summed E-state index contributed by atoms with van der Waals surface area (Å²) >= 11 is 0. The summed E-state index contributed by atoms with van der Waals surface area (Å²) in [5, 5.41) is 5.93. The smallest absolute Gasteiger partial charge is 0.227 e. The Balaban J connectivity index is 1.60. The molecule has 0 aliphatic heterocycles. The third kappa shape index (κ3) is 3.87. The highest BCUT2D eigenvalue weighted by molar-refractivity contribution is 5.96. The summed E-state index contributed by atoms with van der Waals surface area (Å²) < 4.78 is 0. The molecule has 4 nitrogen and oxygen atoms in total. The lowest BCUT2D eigenvalue weighted by molar-refractivity contribution is -0.118. The van der Waals surface area contributed by atoms with Gasteiger partial charge in [0, 0.05) is 23.7 Å². The molecule has 0 atom stereocenters. The monoisotopic (exact) mass is 300 g/mol. The van der Waals surface area contributed by atoms with Crippen molar-refractivity contribution in [2.24, 2.45) is 11.8 Å². The summed E-state index contributed by atoms with van der Waals surface area (Å²) in [7, 11) is 0. The van der Waals surface area contributed by atoms with E-state index in [1.165, 1.54) is 25.7 Å². The summed E-state index contributed by atoms with van der Waals surface area (Å²) in [6.07, 6.45) is 7.43. The minimum Gasteiger partial charge on any atom is -0.326 e. The van der Waals surface area contributed by atoms with Gasteiger partial charge >= 0.3 is 0 Å². The summed E-state index contributed by atoms with van der Waals surface area (Å²) in [6, 6.07) is 5.70. The van der Waals surface area contributed by atoms with E-state index in [1.54, 1.807) is 0 Å². The first kappa shape index (κ1) is 15.1. The van der Waals surface area contributed by atoms with Crippen LogP contribution in [0.15, 0.2) is 18.2 Å². The van der Waals surface area contributed by atoms with Gasteiger partial charge in [-0.05, 0) is 56.2 Å². The van der Waals surface area contributed by atoms with Crippen LogP contribution in [0.4, 0.5) is 11.4 Å². The van der Waals surface area contributed by atoms with Crippen molar-refractivity contribution >= 4 is 23.2 Å². The van der Waals surface area contributed by atoms with Crippen molar-refractivity contribution in [3.8, 4) is 0 Å². The predicted octanol–water partition coefficient (Wildman–Crippen LogP) is 3.86. The number of rotatable bonds is 5. The average Bonchev–Trinajstić information content (AvgIpc) is 3.22. The van der Waals surface area contributed by atoms with E-state index in [4.69, 9.17) is 0 Å². The van der Waals surface area contributed by atoms with E-state index in [0.717, 1.165) is 29.8 Å². The molecule has 1 aromatic rings. The van der Waals surface area contributed by atoms with Crippen molar-refractivity contribution < 1.29 is 9.59 Å². The van der Waals surface area contributed by atoms with E-state index in [2.05, 4.69) is 10.6 Å². The lowest BCUT2D eigenvalue weighted by Gasteiger charge is -2.13. The largest absolute Gasteiger partial charge is 0.326 e. The van der Waals surface area contributed by atoms with Crippen LogP contribution in [0.25, 0.3) is 0 Å². The number of carbonyl (C=O) groups excluding carboxylic acids is 2. The Morgan fingerprint density at radius 3 is 2.50 bits per heavy atom. The normalized spacial score (nSPS) is 18.2. The Morgan fingerprint density at radius 1 is 1.09 bits per heavy atom. The minimum atomic E-state index is 0.0789. The average molecular weight is 300 g/mol. The molecule has 2 aliphatic carbocycles. The zero-order chi connectivity index (χ0) is 15.5. The second-order valence-electron chi connectivity index (χ2n) is 6.70. The Bertz CT molecular complexity index is 572. The highest BCUT2D eigenvalue weighted by Gasteiger charge is 2.29. The fourth-order valence-corrected chi connectivity index (χ4v) is 3.10. The van der Waals surface area contributed by atoms with Crippen molar-refractivity contribution in [2.75, 3.05) is 10.6 Å². The maximum atomic E-state index is 12.1. The maximum absolute atomic E-state index is 12.1. The molecule has 3 rings (SSSR count). The standard InChI is InChI=1S/C18H24N2O2/c1-12-6-9-15(11-16(12)20-18(22)14-7-8-14)19-17(21)10-13-4-2-3-5-13/h6,9,11,13-14H,2-5,7-8,10H2,1H3,(H,19,21)(H,20,22). The van der Waals surface area contributed by atoms with E-state index in [-0.39, 0.29) is 17.7 Å². The molecule has 0 aromatic heterocycles. The highest BCUT2D eigenvalue weighted by atomic mass is 16.2. The SMILES string of the molecule is Cc1ccc(NC(=O)CC2CCCC2)cc1NC(=O)C1CC1. The molecule has 118 valence electrons. The minimum absolute atomic E-state index is 0.0789. The van der Waals surface area contributed by atoms with Crippen LogP contribution in [-0.4, -0.2) is 11.8 Å². The van der Waals surface area contributed by atoms with Crippen molar-refractivity contribution in [1.29, 1.82) is 0 Å². The van der Waals surface area contributed by atoms with E-state index < -0.39 is 0 Å². The van der Waals surface area contributed by atoms with Crippen LogP contribution in [0.1, 0.15) is 50.5 Å². The predicted molar refractivity (Wildman–Crippen MR) is 87.7 cm³/mol. The number of nitrogens with one attached hydrogen (secondary N) is 2. The molecule has 2 amide bonds. The quantitative estimate of drug-likeness (QED) is 0.867. The fraction of sp³-hybridized carbons (Fsp3) is 0.556.